The highest BCUT2D eigenvalue weighted by molar-refractivity contribution is 6.08. The number of hydrogen-bond donors (Lipinski definition) is 0. The molecule has 2 aliphatic rings. The first kappa shape index (κ1) is 35.5. The fourth-order valence-electron chi connectivity index (χ4n) is 10.9. The van der Waals surface area contributed by atoms with E-state index in [1.165, 1.54) is 94.0 Å². The predicted octanol–water partition coefficient (Wildman–Crippen LogP) is 15.8. The van der Waals surface area contributed by atoms with Gasteiger partial charge in [0.2, 0.25) is 0 Å². The standard InChI is InChI=1S/C60H43N/c1-59(2)53-27-13-12-26-52(53)58-55(59)29-16-30-57(58)61(46-23-15-18-41(38-46)42-33-35-49-43(37-42)32-31-40-17-9-10-24-48(40)49)47-34-36-51-50-25-11-14-28-54(50)60(56(51)39-47,44-19-5-3-6-20-44)45-21-7-4-8-22-45/h3-39H,1-2H3. The highest BCUT2D eigenvalue weighted by Gasteiger charge is 2.46. The van der Waals surface area contributed by atoms with Gasteiger partial charge in [0.25, 0.3) is 0 Å². The maximum Gasteiger partial charge on any atom is 0.0714 e. The second kappa shape index (κ2) is 13.5. The first-order valence-electron chi connectivity index (χ1n) is 21.4. The van der Waals surface area contributed by atoms with E-state index in [-0.39, 0.29) is 5.41 Å². The molecule has 0 aliphatic heterocycles. The van der Waals surface area contributed by atoms with Crippen LogP contribution >= 0.6 is 0 Å². The molecule has 10 aromatic carbocycles. The van der Waals surface area contributed by atoms with Crippen LogP contribution in [-0.2, 0) is 10.8 Å². The lowest BCUT2D eigenvalue weighted by Crippen LogP contribution is -2.28. The molecule has 1 nitrogen and oxygen atoms in total. The molecule has 0 atom stereocenters. The average molecular weight is 778 g/mol. The number of rotatable bonds is 6. The van der Waals surface area contributed by atoms with E-state index >= 15 is 0 Å². The Morgan fingerprint density at radius 3 is 1.74 bits per heavy atom. The largest absolute Gasteiger partial charge is 0.310 e. The van der Waals surface area contributed by atoms with Crippen molar-refractivity contribution in [2.75, 3.05) is 4.90 Å². The van der Waals surface area contributed by atoms with Gasteiger partial charge < -0.3 is 4.90 Å². The zero-order valence-electron chi connectivity index (χ0n) is 34.3. The van der Waals surface area contributed by atoms with Crippen LogP contribution in [-0.4, -0.2) is 0 Å². The molecule has 0 aromatic heterocycles. The normalized spacial score (nSPS) is 14.0. The number of benzene rings is 10. The molecule has 0 fully saturated rings. The summed E-state index contributed by atoms with van der Waals surface area (Å²) in [5, 5.41) is 5.07. The minimum absolute atomic E-state index is 0.139. The Hall–Kier alpha value is -7.48. The fraction of sp³-hybridized carbons (Fsp3) is 0.0667. The molecule has 288 valence electrons. The lowest BCUT2D eigenvalue weighted by Gasteiger charge is -2.35. The summed E-state index contributed by atoms with van der Waals surface area (Å²) in [5.41, 5.74) is 18.2. The second-order valence-corrected chi connectivity index (χ2v) is 17.2. The molecule has 0 radical (unpaired) electrons. The van der Waals surface area contributed by atoms with Crippen LogP contribution < -0.4 is 4.90 Å². The van der Waals surface area contributed by atoms with Crippen LogP contribution in [0.2, 0.25) is 0 Å². The van der Waals surface area contributed by atoms with E-state index in [1.807, 2.05) is 0 Å². The lowest BCUT2D eigenvalue weighted by atomic mass is 9.67. The Kier molecular flexibility index (Phi) is 7.86. The van der Waals surface area contributed by atoms with Crippen molar-refractivity contribution in [1.29, 1.82) is 0 Å². The Morgan fingerprint density at radius 2 is 0.934 bits per heavy atom. The molecule has 0 saturated carbocycles. The molecule has 1 heteroatoms. The summed E-state index contributed by atoms with van der Waals surface area (Å²) in [7, 11) is 0. The van der Waals surface area contributed by atoms with E-state index in [2.05, 4.69) is 243 Å². The zero-order valence-corrected chi connectivity index (χ0v) is 34.3. The Balaban J connectivity index is 1.12. The molecular weight excluding hydrogens is 735 g/mol. The molecule has 0 spiro atoms. The Bertz CT molecular complexity index is 3300. The van der Waals surface area contributed by atoms with Gasteiger partial charge in [-0.3, -0.25) is 0 Å². The quantitative estimate of drug-likeness (QED) is 0.152. The lowest BCUT2D eigenvalue weighted by molar-refractivity contribution is 0.660. The monoisotopic (exact) mass is 777 g/mol. The minimum Gasteiger partial charge on any atom is -0.310 e. The molecule has 0 saturated heterocycles. The van der Waals surface area contributed by atoms with Gasteiger partial charge in [-0.2, -0.15) is 0 Å². The van der Waals surface area contributed by atoms with Gasteiger partial charge in [0.05, 0.1) is 11.1 Å². The van der Waals surface area contributed by atoms with Gasteiger partial charge >= 0.3 is 0 Å². The van der Waals surface area contributed by atoms with E-state index in [4.69, 9.17) is 0 Å². The number of hydrogen-bond acceptors (Lipinski definition) is 1. The topological polar surface area (TPSA) is 3.24 Å². The average Bonchev–Trinajstić information content (AvgIpc) is 3.75. The van der Waals surface area contributed by atoms with Crippen LogP contribution in [0.1, 0.15) is 47.2 Å². The van der Waals surface area contributed by atoms with Crippen molar-refractivity contribution in [3.8, 4) is 33.4 Å². The van der Waals surface area contributed by atoms with Gasteiger partial charge in [0.15, 0.2) is 0 Å². The van der Waals surface area contributed by atoms with Crippen molar-refractivity contribution in [3.05, 3.63) is 258 Å². The molecule has 0 bridgehead atoms. The van der Waals surface area contributed by atoms with Crippen molar-refractivity contribution < 1.29 is 0 Å². The Labute approximate surface area is 357 Å². The minimum atomic E-state index is -0.513. The molecular formula is C60H43N. The Morgan fingerprint density at radius 1 is 0.344 bits per heavy atom. The molecule has 0 amide bonds. The van der Waals surface area contributed by atoms with Crippen LogP contribution in [0.3, 0.4) is 0 Å². The van der Waals surface area contributed by atoms with E-state index in [9.17, 15) is 0 Å². The van der Waals surface area contributed by atoms with Gasteiger partial charge in [-0.05, 0) is 119 Å². The van der Waals surface area contributed by atoms with E-state index in [1.54, 1.807) is 0 Å². The third-order valence-electron chi connectivity index (χ3n) is 13.7. The smallest absolute Gasteiger partial charge is 0.0714 e. The van der Waals surface area contributed by atoms with Crippen molar-refractivity contribution in [2.24, 2.45) is 0 Å². The van der Waals surface area contributed by atoms with Gasteiger partial charge in [-0.15, -0.1) is 0 Å². The van der Waals surface area contributed by atoms with Crippen LogP contribution in [0.5, 0.6) is 0 Å². The van der Waals surface area contributed by atoms with Crippen molar-refractivity contribution in [3.63, 3.8) is 0 Å². The molecule has 0 N–H and O–H groups in total. The molecule has 10 aromatic rings. The summed E-state index contributed by atoms with van der Waals surface area (Å²) in [5.74, 6) is 0. The molecule has 0 heterocycles. The second-order valence-electron chi connectivity index (χ2n) is 17.2. The number of fused-ring (bicyclic) bond motifs is 9. The summed E-state index contributed by atoms with van der Waals surface area (Å²) in [4.78, 5) is 2.53. The molecule has 61 heavy (non-hydrogen) atoms. The van der Waals surface area contributed by atoms with Crippen molar-refractivity contribution in [1.82, 2.24) is 0 Å². The molecule has 2 aliphatic carbocycles. The van der Waals surface area contributed by atoms with Crippen LogP contribution in [0, 0.1) is 0 Å². The SMILES string of the molecule is CC1(C)c2ccccc2-c2c(N(c3cccc(-c4ccc5c(ccc6ccccc65)c4)c3)c3ccc4c(c3)C(c3ccccc3)(c3ccccc3)c3ccccc3-4)cccc21. The third kappa shape index (κ3) is 5.20. The highest BCUT2D eigenvalue weighted by Crippen LogP contribution is 2.59. The summed E-state index contributed by atoms with van der Waals surface area (Å²) in [6.07, 6.45) is 0. The number of anilines is 3. The van der Waals surface area contributed by atoms with Gasteiger partial charge in [0, 0.05) is 22.4 Å². The first-order chi connectivity index (χ1) is 30.0. The molecule has 12 rings (SSSR count). The third-order valence-corrected chi connectivity index (χ3v) is 13.7. The maximum absolute atomic E-state index is 2.53. The first-order valence-corrected chi connectivity index (χ1v) is 21.4. The van der Waals surface area contributed by atoms with E-state index in [0.717, 1.165) is 11.4 Å². The maximum atomic E-state index is 2.53. The summed E-state index contributed by atoms with van der Waals surface area (Å²) >= 11 is 0. The van der Waals surface area contributed by atoms with Crippen LogP contribution in [0.4, 0.5) is 17.1 Å². The fourth-order valence-corrected chi connectivity index (χ4v) is 10.9. The summed E-state index contributed by atoms with van der Waals surface area (Å²) < 4.78 is 0. The van der Waals surface area contributed by atoms with Gasteiger partial charge in [-0.25, -0.2) is 0 Å². The number of nitrogens with zero attached hydrogens (tertiary/aromatic N) is 1. The summed E-state index contributed by atoms with van der Waals surface area (Å²) in [6, 6.07) is 83.7. The van der Waals surface area contributed by atoms with Gasteiger partial charge in [-0.1, -0.05) is 202 Å². The van der Waals surface area contributed by atoms with Crippen LogP contribution in [0.15, 0.2) is 224 Å². The van der Waals surface area contributed by atoms with Crippen LogP contribution in [0.25, 0.3) is 54.9 Å². The highest BCUT2D eigenvalue weighted by atomic mass is 15.1. The predicted molar refractivity (Wildman–Crippen MR) is 256 cm³/mol. The van der Waals surface area contributed by atoms with E-state index < -0.39 is 5.41 Å². The summed E-state index contributed by atoms with van der Waals surface area (Å²) in [6.45, 7) is 4.74. The van der Waals surface area contributed by atoms with Crippen molar-refractivity contribution >= 4 is 38.6 Å². The zero-order chi connectivity index (χ0) is 40.7. The van der Waals surface area contributed by atoms with Gasteiger partial charge in [0.1, 0.15) is 0 Å². The van der Waals surface area contributed by atoms with E-state index in [0.29, 0.717) is 0 Å². The molecule has 0 unspecified atom stereocenters. The van der Waals surface area contributed by atoms with Crippen molar-refractivity contribution in [2.45, 2.75) is 24.7 Å².